The van der Waals surface area contributed by atoms with Crippen LogP contribution in [0.15, 0.2) is 52.5 Å². The van der Waals surface area contributed by atoms with Crippen molar-refractivity contribution >= 4 is 27.4 Å². The van der Waals surface area contributed by atoms with Crippen molar-refractivity contribution < 1.29 is 56.9 Å². The first-order valence-electron chi connectivity index (χ1n) is 15.7. The number of aliphatic hydroxyl groups is 2. The average Bonchev–Trinajstić information content (AvgIpc) is 3.07. The number of hydrogen-bond donors (Lipinski definition) is 6. The van der Waals surface area contributed by atoms with Gasteiger partial charge in [0.1, 0.15) is 22.8 Å². The van der Waals surface area contributed by atoms with Crippen LogP contribution in [0.3, 0.4) is 0 Å². The van der Waals surface area contributed by atoms with Crippen molar-refractivity contribution in [3.63, 3.8) is 0 Å². The standard InChI is InChI=1S/C34H37N3O12S/c1-15-8-10-18(11-9-15)50(44,45)49-37-36-17(3)34(43)13-20-26(23(14-34)48-24-12-21(35)29(38)16(2)47-24)33(42)28-27(31(20)40)30(39)19-6-5-7-22(46-4)25(19)32(28)41/h5-11,16,21,23-24,29,37-38,40,42-43H,12-14,35H2,1-4H3/b36-17+/t16-,21-,23-,24-,29+,34-/m0/s1. The quantitative estimate of drug-likeness (QED) is 0.0872. The van der Waals surface area contributed by atoms with Gasteiger partial charge in [-0.25, -0.2) is 0 Å². The van der Waals surface area contributed by atoms with Crippen molar-refractivity contribution in [3.05, 3.63) is 81.4 Å². The number of rotatable bonds is 8. The molecule has 50 heavy (non-hydrogen) atoms. The number of ketones is 2. The molecule has 0 unspecified atom stereocenters. The molecule has 1 fully saturated rings. The maximum atomic E-state index is 13.9. The number of methoxy groups -OCH3 is 1. The molecular formula is C34H37N3O12S. The van der Waals surface area contributed by atoms with Gasteiger partial charge >= 0.3 is 10.1 Å². The lowest BCUT2D eigenvalue weighted by atomic mass is 9.72. The number of aryl methyl sites for hydroxylation is 1. The highest BCUT2D eigenvalue weighted by molar-refractivity contribution is 7.86. The molecule has 1 heterocycles. The van der Waals surface area contributed by atoms with Crippen LogP contribution in [0.5, 0.6) is 17.2 Å². The summed E-state index contributed by atoms with van der Waals surface area (Å²) < 4.78 is 47.6. The van der Waals surface area contributed by atoms with Crippen LogP contribution in [0.25, 0.3) is 0 Å². The largest absolute Gasteiger partial charge is 0.507 e. The topological polar surface area (TPSA) is 237 Å². The van der Waals surface area contributed by atoms with Crippen molar-refractivity contribution in [1.29, 1.82) is 0 Å². The second-order valence-electron chi connectivity index (χ2n) is 12.7. The van der Waals surface area contributed by atoms with E-state index in [0.29, 0.717) is 0 Å². The molecule has 6 rings (SSSR count). The van der Waals surface area contributed by atoms with Crippen LogP contribution in [0, 0.1) is 6.92 Å². The van der Waals surface area contributed by atoms with Gasteiger partial charge in [0.2, 0.25) is 5.78 Å². The number of phenolic OH excluding ortho intramolecular Hbond substituents is 2. The molecule has 16 heteroatoms. The number of aromatic hydroxyl groups is 2. The minimum absolute atomic E-state index is 0.00871. The van der Waals surface area contributed by atoms with Gasteiger partial charge in [-0.3, -0.25) is 9.59 Å². The normalized spacial score (nSPS) is 26.5. The van der Waals surface area contributed by atoms with E-state index in [0.717, 1.165) is 5.56 Å². The molecular weight excluding hydrogens is 674 g/mol. The van der Waals surface area contributed by atoms with Crippen LogP contribution in [0.2, 0.25) is 0 Å². The summed E-state index contributed by atoms with van der Waals surface area (Å²) in [6, 6.07) is 9.52. The molecule has 15 nitrogen and oxygen atoms in total. The first-order chi connectivity index (χ1) is 23.6. The zero-order valence-corrected chi connectivity index (χ0v) is 28.4. The van der Waals surface area contributed by atoms with Gasteiger partial charge in [-0.05, 0) is 39.0 Å². The summed E-state index contributed by atoms with van der Waals surface area (Å²) in [4.78, 5) is 27.6. The Kier molecular flexibility index (Phi) is 9.23. The van der Waals surface area contributed by atoms with Gasteiger partial charge in [-0.15, -0.1) is 4.28 Å². The lowest BCUT2D eigenvalue weighted by Gasteiger charge is -2.42. The number of benzene rings is 3. The van der Waals surface area contributed by atoms with Gasteiger partial charge in [-0.1, -0.05) is 29.8 Å². The van der Waals surface area contributed by atoms with E-state index in [-0.39, 0.29) is 51.5 Å². The summed E-state index contributed by atoms with van der Waals surface area (Å²) in [5.41, 5.74) is 5.56. The van der Waals surface area contributed by atoms with Gasteiger partial charge < -0.3 is 40.4 Å². The van der Waals surface area contributed by atoms with Crippen molar-refractivity contribution in [3.8, 4) is 17.2 Å². The highest BCUT2D eigenvalue weighted by Crippen LogP contribution is 2.52. The summed E-state index contributed by atoms with van der Waals surface area (Å²) in [6.07, 6.45) is -4.94. The van der Waals surface area contributed by atoms with Crippen molar-refractivity contribution in [2.45, 2.75) is 81.2 Å². The third-order valence-electron chi connectivity index (χ3n) is 9.49. The summed E-state index contributed by atoms with van der Waals surface area (Å²) in [5.74, 6) is -2.77. The molecule has 0 radical (unpaired) electrons. The van der Waals surface area contributed by atoms with E-state index in [4.69, 9.17) is 24.2 Å². The number of ether oxygens (including phenoxy) is 3. The number of hydrogen-bond acceptors (Lipinski definition) is 15. The van der Waals surface area contributed by atoms with E-state index in [9.17, 15) is 38.4 Å². The Morgan fingerprint density at radius 2 is 1.74 bits per heavy atom. The summed E-state index contributed by atoms with van der Waals surface area (Å²) >= 11 is 0. The molecule has 0 spiro atoms. The maximum absolute atomic E-state index is 13.9. The predicted octanol–water partition coefficient (Wildman–Crippen LogP) is 2.03. The first kappa shape index (κ1) is 35.4. The monoisotopic (exact) mass is 711 g/mol. The number of aliphatic hydroxyl groups excluding tert-OH is 1. The highest BCUT2D eigenvalue weighted by atomic mass is 32.2. The van der Waals surface area contributed by atoms with E-state index in [2.05, 4.69) is 5.10 Å². The third-order valence-corrected chi connectivity index (χ3v) is 10.6. The van der Waals surface area contributed by atoms with Crippen LogP contribution in [-0.4, -0.2) is 83.4 Å². The van der Waals surface area contributed by atoms with Gasteiger partial charge in [0.05, 0.1) is 52.7 Å². The molecule has 3 aliphatic rings. The molecule has 266 valence electrons. The zero-order valence-electron chi connectivity index (χ0n) is 27.5. The number of carbonyl (C=O) groups is 2. The van der Waals surface area contributed by atoms with Crippen molar-refractivity contribution in [1.82, 2.24) is 5.59 Å². The van der Waals surface area contributed by atoms with Crippen LogP contribution in [0.4, 0.5) is 0 Å². The highest BCUT2D eigenvalue weighted by Gasteiger charge is 2.49. The lowest BCUT2D eigenvalue weighted by molar-refractivity contribution is -0.245. The van der Waals surface area contributed by atoms with Crippen LogP contribution < -0.4 is 16.1 Å². The Hall–Kier alpha value is -4.42. The Labute approximate surface area is 287 Å². The summed E-state index contributed by atoms with van der Waals surface area (Å²) in [7, 11) is -2.98. The van der Waals surface area contributed by atoms with E-state index < -0.39 is 87.0 Å². The number of nitrogens with zero attached hydrogens (tertiary/aromatic N) is 1. The SMILES string of the molecule is COc1cccc2c1C(=O)c1c(O)c3c(c(O)c1C2=O)C[C@@](O)(/C(C)=N/NOS(=O)(=O)c1ccc(C)cc1)C[C@@H]3O[C@H]1C[C@H](N)[C@H](O)[C@H](C)O1. The molecule has 2 aliphatic carbocycles. The molecule has 3 aromatic carbocycles. The van der Waals surface area contributed by atoms with E-state index in [1.54, 1.807) is 26.0 Å². The number of nitrogens with one attached hydrogen (secondary N) is 1. The molecule has 1 aliphatic heterocycles. The van der Waals surface area contributed by atoms with E-state index in [1.165, 1.54) is 44.4 Å². The Balaban J connectivity index is 1.41. The number of fused-ring (bicyclic) bond motifs is 3. The predicted molar refractivity (Wildman–Crippen MR) is 175 cm³/mol. The minimum atomic E-state index is -4.31. The molecule has 0 bridgehead atoms. The maximum Gasteiger partial charge on any atom is 0.318 e. The molecule has 0 aromatic heterocycles. The van der Waals surface area contributed by atoms with Crippen LogP contribution in [0.1, 0.15) is 81.3 Å². The first-order valence-corrected chi connectivity index (χ1v) is 17.1. The van der Waals surface area contributed by atoms with Crippen LogP contribution in [-0.2, 0) is 30.3 Å². The fourth-order valence-electron chi connectivity index (χ4n) is 6.66. The van der Waals surface area contributed by atoms with E-state index in [1.807, 2.05) is 5.59 Å². The Bertz CT molecular complexity index is 2000. The zero-order chi connectivity index (χ0) is 36.3. The molecule has 7 N–H and O–H groups in total. The molecule has 0 amide bonds. The second-order valence-corrected chi connectivity index (χ2v) is 14.3. The Morgan fingerprint density at radius 3 is 2.40 bits per heavy atom. The minimum Gasteiger partial charge on any atom is -0.507 e. The van der Waals surface area contributed by atoms with Gasteiger partial charge in [0.25, 0.3) is 0 Å². The molecule has 6 atom stereocenters. The molecule has 3 aromatic rings. The van der Waals surface area contributed by atoms with E-state index >= 15 is 0 Å². The smallest absolute Gasteiger partial charge is 0.318 e. The fourth-order valence-corrected chi connectivity index (χ4v) is 7.36. The number of hydrazone groups is 1. The number of carbonyl (C=O) groups excluding carboxylic acids is 2. The van der Waals surface area contributed by atoms with Crippen molar-refractivity contribution in [2.75, 3.05) is 7.11 Å². The second kappa shape index (κ2) is 13.0. The third kappa shape index (κ3) is 6.02. The van der Waals surface area contributed by atoms with Gasteiger partial charge in [-0.2, -0.15) is 19.1 Å². The Morgan fingerprint density at radius 1 is 1.06 bits per heavy atom. The summed E-state index contributed by atoms with van der Waals surface area (Å²) in [5, 5.41) is 49.8. The van der Waals surface area contributed by atoms with Gasteiger partial charge in [0.15, 0.2) is 12.1 Å². The molecule has 0 saturated carbocycles. The summed E-state index contributed by atoms with van der Waals surface area (Å²) in [6.45, 7) is 4.75. The number of phenols is 2. The lowest BCUT2D eigenvalue weighted by Crippen LogP contribution is -2.52. The average molecular weight is 712 g/mol. The van der Waals surface area contributed by atoms with Crippen LogP contribution >= 0.6 is 0 Å². The molecule has 1 saturated heterocycles. The number of nitrogens with two attached hydrogens (primary N) is 1. The van der Waals surface area contributed by atoms with Crippen molar-refractivity contribution in [2.24, 2.45) is 10.8 Å². The fraction of sp³-hybridized carbons (Fsp3) is 0.382. The van der Waals surface area contributed by atoms with Gasteiger partial charge in [0, 0.05) is 42.0 Å².